The lowest BCUT2D eigenvalue weighted by atomic mass is 10.3. The lowest BCUT2D eigenvalue weighted by molar-refractivity contribution is 0.598. The van der Waals surface area contributed by atoms with Crippen molar-refractivity contribution in [3.63, 3.8) is 0 Å². The quantitative estimate of drug-likeness (QED) is 0.673. The Bertz CT molecular complexity index is 820. The van der Waals surface area contributed by atoms with Crippen molar-refractivity contribution in [2.24, 2.45) is 0 Å². The molecule has 8 heteroatoms. The van der Waals surface area contributed by atoms with Crippen molar-refractivity contribution in [2.45, 2.75) is 11.9 Å². The number of rotatable bonds is 3. The third kappa shape index (κ3) is 2.17. The van der Waals surface area contributed by atoms with E-state index in [1.807, 2.05) is 6.92 Å². The van der Waals surface area contributed by atoms with Gasteiger partial charge in [-0.05, 0) is 25.1 Å². The van der Waals surface area contributed by atoms with Crippen LogP contribution in [0.3, 0.4) is 0 Å². The fraction of sp³-hybridized carbons (Fsp3) is 0.0909. The minimum absolute atomic E-state index is 0.0217. The van der Waals surface area contributed by atoms with Crippen molar-refractivity contribution >= 4 is 26.7 Å². The highest BCUT2D eigenvalue weighted by Gasteiger charge is 2.15. The fourth-order valence-corrected chi connectivity index (χ4v) is 2.76. The third-order valence-corrected chi connectivity index (χ3v) is 3.92. The molecule has 0 aliphatic rings. The van der Waals surface area contributed by atoms with Crippen LogP contribution in [0.25, 0.3) is 11.0 Å². The van der Waals surface area contributed by atoms with Gasteiger partial charge in [-0.15, -0.1) is 0 Å². The average Bonchev–Trinajstić information content (AvgIpc) is 2.95. The van der Waals surface area contributed by atoms with Crippen LogP contribution >= 0.6 is 0 Å². The molecule has 0 unspecified atom stereocenters. The fourth-order valence-electron chi connectivity index (χ4n) is 1.80. The monoisotopic (exact) mass is 277 g/mol. The van der Waals surface area contributed by atoms with Gasteiger partial charge in [0.05, 0.1) is 29.2 Å². The van der Waals surface area contributed by atoms with Crippen LogP contribution in [-0.4, -0.2) is 28.4 Å². The highest BCUT2D eigenvalue weighted by atomic mass is 32.2. The molecule has 0 saturated heterocycles. The Balaban J connectivity index is 1.97. The van der Waals surface area contributed by atoms with Crippen LogP contribution < -0.4 is 4.72 Å². The topological polar surface area (TPSA) is 104 Å². The Morgan fingerprint density at radius 1 is 1.32 bits per heavy atom. The predicted molar refractivity (Wildman–Crippen MR) is 70.2 cm³/mol. The molecule has 19 heavy (non-hydrogen) atoms. The smallest absolute Gasteiger partial charge is 0.278 e. The molecule has 3 rings (SSSR count). The molecule has 2 aromatic heterocycles. The maximum atomic E-state index is 12.0. The number of hydrogen-bond acceptors (Lipinski definition) is 4. The van der Waals surface area contributed by atoms with Crippen LogP contribution in [0.2, 0.25) is 0 Å². The standard InChI is InChI=1S/C11H11N5O2S/c1-7-14-9-3-2-8(4-10(9)15-7)16-19(17,18)11-5-12-6-13-11/h2-6,16H,1H3,(H,12,13)(H,14,15). The summed E-state index contributed by atoms with van der Waals surface area (Å²) in [5.74, 6) is 0.781. The number of aryl methyl sites for hydroxylation is 1. The summed E-state index contributed by atoms with van der Waals surface area (Å²) in [5, 5.41) is 0.0217. The first-order valence-corrected chi connectivity index (χ1v) is 7.00. The molecule has 0 spiro atoms. The number of aromatic amines is 2. The van der Waals surface area contributed by atoms with E-state index in [4.69, 9.17) is 0 Å². The summed E-state index contributed by atoms with van der Waals surface area (Å²) in [6.45, 7) is 1.84. The zero-order valence-electron chi connectivity index (χ0n) is 10.0. The molecule has 0 radical (unpaired) electrons. The van der Waals surface area contributed by atoms with Gasteiger partial charge in [0.1, 0.15) is 5.82 Å². The summed E-state index contributed by atoms with van der Waals surface area (Å²) in [4.78, 5) is 13.6. The molecule has 98 valence electrons. The molecule has 2 heterocycles. The second kappa shape index (κ2) is 4.09. The lowest BCUT2D eigenvalue weighted by Crippen LogP contribution is -2.13. The van der Waals surface area contributed by atoms with E-state index in [0.717, 1.165) is 16.9 Å². The molecule has 0 atom stereocenters. The van der Waals surface area contributed by atoms with Gasteiger partial charge in [-0.2, -0.15) is 8.42 Å². The SMILES string of the molecule is Cc1nc2ccc(NS(=O)(=O)c3cnc[nH]3)cc2[nH]1. The van der Waals surface area contributed by atoms with Crippen LogP contribution in [-0.2, 0) is 10.0 Å². The molecule has 3 N–H and O–H groups in total. The third-order valence-electron chi connectivity index (χ3n) is 2.62. The first-order chi connectivity index (χ1) is 9.04. The number of fused-ring (bicyclic) bond motifs is 1. The second-order valence-corrected chi connectivity index (χ2v) is 5.73. The zero-order valence-corrected chi connectivity index (χ0v) is 10.8. The number of anilines is 1. The first-order valence-electron chi connectivity index (χ1n) is 5.52. The van der Waals surface area contributed by atoms with Gasteiger partial charge < -0.3 is 9.97 Å². The summed E-state index contributed by atoms with van der Waals surface area (Å²) in [6, 6.07) is 5.11. The van der Waals surface area contributed by atoms with E-state index in [9.17, 15) is 8.42 Å². The Labute approximate surface area is 109 Å². The van der Waals surface area contributed by atoms with Crippen LogP contribution in [0, 0.1) is 6.92 Å². The summed E-state index contributed by atoms with van der Waals surface area (Å²) in [7, 11) is -3.63. The van der Waals surface area contributed by atoms with Gasteiger partial charge in [-0.3, -0.25) is 4.72 Å². The minimum Gasteiger partial charge on any atom is -0.342 e. The van der Waals surface area contributed by atoms with Crippen molar-refractivity contribution in [3.05, 3.63) is 36.5 Å². The van der Waals surface area contributed by atoms with E-state index in [1.165, 1.54) is 12.5 Å². The highest BCUT2D eigenvalue weighted by molar-refractivity contribution is 7.92. The number of nitrogens with zero attached hydrogens (tertiary/aromatic N) is 2. The van der Waals surface area contributed by atoms with Gasteiger partial charge in [0.15, 0.2) is 5.03 Å². The summed E-state index contributed by atoms with van der Waals surface area (Å²) >= 11 is 0. The highest BCUT2D eigenvalue weighted by Crippen LogP contribution is 2.19. The number of sulfonamides is 1. The van der Waals surface area contributed by atoms with E-state index in [0.29, 0.717) is 5.69 Å². The lowest BCUT2D eigenvalue weighted by Gasteiger charge is -2.05. The van der Waals surface area contributed by atoms with Gasteiger partial charge in [-0.25, -0.2) is 9.97 Å². The number of hydrogen-bond donors (Lipinski definition) is 3. The maximum Gasteiger partial charge on any atom is 0.278 e. The van der Waals surface area contributed by atoms with Crippen molar-refractivity contribution in [1.29, 1.82) is 0 Å². The number of aromatic nitrogens is 4. The molecule has 0 aliphatic heterocycles. The zero-order chi connectivity index (χ0) is 13.5. The van der Waals surface area contributed by atoms with Crippen LogP contribution in [0.1, 0.15) is 5.82 Å². The number of benzene rings is 1. The van der Waals surface area contributed by atoms with Crippen molar-refractivity contribution in [2.75, 3.05) is 4.72 Å². The molecule has 3 aromatic rings. The van der Waals surface area contributed by atoms with Gasteiger partial charge in [0.2, 0.25) is 0 Å². The molecular formula is C11H11N5O2S. The number of imidazole rings is 2. The molecular weight excluding hydrogens is 266 g/mol. The van der Waals surface area contributed by atoms with Crippen LogP contribution in [0.15, 0.2) is 35.7 Å². The van der Waals surface area contributed by atoms with Gasteiger partial charge in [-0.1, -0.05) is 0 Å². The molecule has 0 bridgehead atoms. The molecule has 0 fully saturated rings. The predicted octanol–water partition coefficient (Wildman–Crippen LogP) is 1.40. The van der Waals surface area contributed by atoms with Gasteiger partial charge in [0, 0.05) is 0 Å². The van der Waals surface area contributed by atoms with E-state index >= 15 is 0 Å². The van der Waals surface area contributed by atoms with Crippen molar-refractivity contribution in [1.82, 2.24) is 19.9 Å². The Morgan fingerprint density at radius 3 is 2.89 bits per heavy atom. The Morgan fingerprint density at radius 2 is 2.16 bits per heavy atom. The summed E-state index contributed by atoms with van der Waals surface area (Å²) in [5.41, 5.74) is 2.04. The van der Waals surface area contributed by atoms with Gasteiger partial charge >= 0.3 is 0 Å². The molecule has 1 aromatic carbocycles. The minimum atomic E-state index is -3.63. The molecule has 0 amide bonds. The van der Waals surface area contributed by atoms with E-state index in [1.54, 1.807) is 18.2 Å². The Kier molecular flexibility index (Phi) is 2.53. The van der Waals surface area contributed by atoms with Crippen LogP contribution in [0.4, 0.5) is 5.69 Å². The molecule has 0 aliphatic carbocycles. The van der Waals surface area contributed by atoms with Crippen molar-refractivity contribution < 1.29 is 8.42 Å². The van der Waals surface area contributed by atoms with Gasteiger partial charge in [0.25, 0.3) is 10.0 Å². The number of H-pyrrole nitrogens is 2. The van der Waals surface area contributed by atoms with Crippen LogP contribution in [0.5, 0.6) is 0 Å². The maximum absolute atomic E-state index is 12.0. The summed E-state index contributed by atoms with van der Waals surface area (Å²) < 4.78 is 26.5. The van der Waals surface area contributed by atoms with Crippen molar-refractivity contribution in [3.8, 4) is 0 Å². The average molecular weight is 277 g/mol. The van der Waals surface area contributed by atoms with E-state index in [2.05, 4.69) is 24.7 Å². The largest absolute Gasteiger partial charge is 0.342 e. The normalized spacial score (nSPS) is 11.8. The summed E-state index contributed by atoms with van der Waals surface area (Å²) in [6.07, 6.45) is 2.57. The second-order valence-electron chi connectivity index (χ2n) is 4.08. The van der Waals surface area contributed by atoms with E-state index in [-0.39, 0.29) is 5.03 Å². The van der Waals surface area contributed by atoms with E-state index < -0.39 is 10.0 Å². The number of nitrogens with one attached hydrogen (secondary N) is 3. The Hall–Kier alpha value is -2.35. The first kappa shape index (κ1) is 11.7. The molecule has 0 saturated carbocycles. The molecule has 7 nitrogen and oxygen atoms in total.